The summed E-state index contributed by atoms with van der Waals surface area (Å²) < 4.78 is 0. The fraction of sp³-hybridized carbons (Fsp3) is 0.500. The van der Waals surface area contributed by atoms with Crippen molar-refractivity contribution in [1.82, 2.24) is 15.8 Å². The Labute approximate surface area is 142 Å². The smallest absolute Gasteiger partial charge is 0.243 e. The molecule has 6 nitrogen and oxygen atoms in total. The van der Waals surface area contributed by atoms with Gasteiger partial charge in [-0.2, -0.15) is 0 Å². The van der Waals surface area contributed by atoms with E-state index < -0.39 is 5.92 Å². The van der Waals surface area contributed by atoms with Gasteiger partial charge in [-0.05, 0) is 12.0 Å². The average molecular weight is 331 g/mol. The molecule has 1 fully saturated rings. The zero-order valence-electron chi connectivity index (χ0n) is 14.1. The summed E-state index contributed by atoms with van der Waals surface area (Å²) in [7, 11) is 0. The van der Waals surface area contributed by atoms with Gasteiger partial charge in [-0.25, -0.2) is 0 Å². The van der Waals surface area contributed by atoms with Crippen molar-refractivity contribution in [3.05, 3.63) is 35.9 Å². The van der Waals surface area contributed by atoms with Gasteiger partial charge in [0.05, 0.1) is 5.92 Å². The molecule has 1 aromatic rings. The maximum atomic E-state index is 12.1. The van der Waals surface area contributed by atoms with E-state index in [4.69, 9.17) is 0 Å². The molecule has 1 atom stereocenters. The van der Waals surface area contributed by atoms with Gasteiger partial charge in [-0.3, -0.25) is 25.2 Å². The van der Waals surface area contributed by atoms with Gasteiger partial charge in [0, 0.05) is 25.9 Å². The van der Waals surface area contributed by atoms with E-state index in [0.29, 0.717) is 19.5 Å². The lowest BCUT2D eigenvalue weighted by molar-refractivity contribution is -0.131. The molecule has 3 amide bonds. The van der Waals surface area contributed by atoms with Crippen LogP contribution in [0.3, 0.4) is 0 Å². The first-order valence-electron chi connectivity index (χ1n) is 8.50. The van der Waals surface area contributed by atoms with Crippen LogP contribution in [0.4, 0.5) is 0 Å². The average Bonchev–Trinajstić information content (AvgIpc) is 2.95. The van der Waals surface area contributed by atoms with Crippen molar-refractivity contribution >= 4 is 17.7 Å². The molecule has 1 aliphatic heterocycles. The monoisotopic (exact) mass is 331 g/mol. The molecule has 1 saturated heterocycles. The lowest BCUT2D eigenvalue weighted by atomic mass is 10.1. The fourth-order valence-corrected chi connectivity index (χ4v) is 2.74. The van der Waals surface area contributed by atoms with Crippen molar-refractivity contribution < 1.29 is 14.4 Å². The SMILES string of the molecule is CCCCCC(=O)NNC(=O)C1CC(=O)N(Cc2ccccc2)C1. The summed E-state index contributed by atoms with van der Waals surface area (Å²) in [5.41, 5.74) is 5.91. The number of nitrogens with zero attached hydrogens (tertiary/aromatic N) is 1. The van der Waals surface area contributed by atoms with Gasteiger partial charge in [0.2, 0.25) is 17.7 Å². The molecule has 1 aliphatic rings. The molecule has 1 aromatic carbocycles. The van der Waals surface area contributed by atoms with Gasteiger partial charge in [-0.1, -0.05) is 50.1 Å². The fourth-order valence-electron chi connectivity index (χ4n) is 2.74. The van der Waals surface area contributed by atoms with E-state index in [1.807, 2.05) is 30.3 Å². The standard InChI is InChI=1S/C18H25N3O3/c1-2-3-5-10-16(22)19-20-18(24)15-11-17(23)21(13-15)12-14-8-6-4-7-9-14/h4,6-9,15H,2-3,5,10-13H2,1H3,(H,19,22)(H,20,24). The molecule has 24 heavy (non-hydrogen) atoms. The Hall–Kier alpha value is -2.37. The van der Waals surface area contributed by atoms with E-state index in [0.717, 1.165) is 24.8 Å². The van der Waals surface area contributed by atoms with Gasteiger partial charge in [-0.15, -0.1) is 0 Å². The van der Waals surface area contributed by atoms with Crippen LogP contribution in [0.15, 0.2) is 30.3 Å². The minimum Gasteiger partial charge on any atom is -0.338 e. The Kier molecular flexibility index (Phi) is 6.78. The number of hydrogen-bond acceptors (Lipinski definition) is 3. The maximum Gasteiger partial charge on any atom is 0.243 e. The predicted octanol–water partition coefficient (Wildman–Crippen LogP) is 1.76. The lowest BCUT2D eigenvalue weighted by Gasteiger charge is -2.16. The van der Waals surface area contributed by atoms with E-state index in [1.54, 1.807) is 4.90 Å². The number of nitrogens with one attached hydrogen (secondary N) is 2. The van der Waals surface area contributed by atoms with Crippen LogP contribution in [0.2, 0.25) is 0 Å². The second-order valence-electron chi connectivity index (χ2n) is 6.16. The molecule has 1 heterocycles. The number of amides is 3. The molecular formula is C18H25N3O3. The van der Waals surface area contributed by atoms with Crippen molar-refractivity contribution in [1.29, 1.82) is 0 Å². The van der Waals surface area contributed by atoms with Crippen LogP contribution in [0.25, 0.3) is 0 Å². The predicted molar refractivity (Wildman–Crippen MR) is 90.4 cm³/mol. The number of unbranched alkanes of at least 4 members (excludes halogenated alkanes) is 2. The molecule has 0 bridgehead atoms. The van der Waals surface area contributed by atoms with Crippen LogP contribution in [-0.4, -0.2) is 29.2 Å². The van der Waals surface area contributed by atoms with Gasteiger partial charge in [0.25, 0.3) is 0 Å². The first-order chi connectivity index (χ1) is 11.6. The van der Waals surface area contributed by atoms with Crippen molar-refractivity contribution in [2.24, 2.45) is 5.92 Å². The van der Waals surface area contributed by atoms with E-state index in [9.17, 15) is 14.4 Å². The molecule has 0 saturated carbocycles. The van der Waals surface area contributed by atoms with Crippen molar-refractivity contribution in [2.75, 3.05) is 6.54 Å². The van der Waals surface area contributed by atoms with Gasteiger partial charge >= 0.3 is 0 Å². The second kappa shape index (κ2) is 9.05. The molecule has 0 radical (unpaired) electrons. The number of likely N-dealkylation sites (tertiary alicyclic amines) is 1. The van der Waals surface area contributed by atoms with E-state index in [1.165, 1.54) is 0 Å². The second-order valence-corrected chi connectivity index (χ2v) is 6.16. The molecule has 6 heteroatoms. The molecular weight excluding hydrogens is 306 g/mol. The van der Waals surface area contributed by atoms with Crippen LogP contribution < -0.4 is 10.9 Å². The molecule has 1 unspecified atom stereocenters. The van der Waals surface area contributed by atoms with E-state index in [-0.39, 0.29) is 24.1 Å². The molecule has 0 aliphatic carbocycles. The summed E-state index contributed by atoms with van der Waals surface area (Å²) in [5, 5.41) is 0. The summed E-state index contributed by atoms with van der Waals surface area (Å²) in [6, 6.07) is 9.69. The number of carbonyl (C=O) groups excluding carboxylic acids is 3. The zero-order chi connectivity index (χ0) is 17.4. The first-order valence-corrected chi connectivity index (χ1v) is 8.50. The first kappa shape index (κ1) is 18.0. The maximum absolute atomic E-state index is 12.1. The van der Waals surface area contributed by atoms with Gasteiger partial charge in [0.15, 0.2) is 0 Å². The third-order valence-corrected chi connectivity index (χ3v) is 4.13. The molecule has 2 N–H and O–H groups in total. The van der Waals surface area contributed by atoms with Crippen LogP contribution in [-0.2, 0) is 20.9 Å². The minimum atomic E-state index is -0.419. The minimum absolute atomic E-state index is 0.0340. The van der Waals surface area contributed by atoms with Crippen molar-refractivity contribution in [3.8, 4) is 0 Å². The van der Waals surface area contributed by atoms with Crippen LogP contribution in [0.1, 0.15) is 44.6 Å². The Morgan fingerprint density at radius 3 is 2.62 bits per heavy atom. The molecule has 0 spiro atoms. The lowest BCUT2D eigenvalue weighted by Crippen LogP contribution is -2.45. The quantitative estimate of drug-likeness (QED) is 0.590. The summed E-state index contributed by atoms with van der Waals surface area (Å²) in [6.45, 7) is 2.95. The topological polar surface area (TPSA) is 78.5 Å². The van der Waals surface area contributed by atoms with Crippen LogP contribution >= 0.6 is 0 Å². The Morgan fingerprint density at radius 2 is 1.92 bits per heavy atom. The summed E-state index contributed by atoms with van der Waals surface area (Å²) >= 11 is 0. The number of benzene rings is 1. The van der Waals surface area contributed by atoms with Gasteiger partial charge in [0.1, 0.15) is 0 Å². The van der Waals surface area contributed by atoms with Crippen molar-refractivity contribution in [2.45, 2.75) is 45.6 Å². The summed E-state index contributed by atoms with van der Waals surface area (Å²) in [6.07, 6.45) is 3.43. The molecule has 0 aromatic heterocycles. The highest BCUT2D eigenvalue weighted by Crippen LogP contribution is 2.20. The van der Waals surface area contributed by atoms with Gasteiger partial charge < -0.3 is 4.90 Å². The number of hydrazine groups is 1. The normalized spacial score (nSPS) is 17.0. The highest BCUT2D eigenvalue weighted by atomic mass is 16.2. The van der Waals surface area contributed by atoms with Crippen molar-refractivity contribution in [3.63, 3.8) is 0 Å². The van der Waals surface area contributed by atoms with Crippen LogP contribution in [0.5, 0.6) is 0 Å². The third-order valence-electron chi connectivity index (χ3n) is 4.13. The summed E-state index contributed by atoms with van der Waals surface area (Å²) in [4.78, 5) is 37.5. The Bertz CT molecular complexity index is 574. The van der Waals surface area contributed by atoms with E-state index in [2.05, 4.69) is 17.8 Å². The highest BCUT2D eigenvalue weighted by Gasteiger charge is 2.34. The Balaban J connectivity index is 1.76. The third kappa shape index (κ3) is 5.37. The number of rotatable bonds is 7. The van der Waals surface area contributed by atoms with E-state index >= 15 is 0 Å². The molecule has 2 rings (SSSR count). The largest absolute Gasteiger partial charge is 0.338 e. The highest BCUT2D eigenvalue weighted by molar-refractivity contribution is 5.90. The number of carbonyl (C=O) groups is 3. The summed E-state index contributed by atoms with van der Waals surface area (Å²) in [5.74, 6) is -0.949. The van der Waals surface area contributed by atoms with Crippen LogP contribution in [0, 0.1) is 5.92 Å². The Morgan fingerprint density at radius 1 is 1.17 bits per heavy atom. The number of hydrogen-bond donors (Lipinski definition) is 2. The molecule has 130 valence electrons. The zero-order valence-corrected chi connectivity index (χ0v) is 14.1.